The molecule has 0 fully saturated rings. The second-order valence-corrected chi connectivity index (χ2v) is 16.9. The molecule has 67 heavy (non-hydrogen) atoms. The van der Waals surface area contributed by atoms with Crippen LogP contribution in [0.4, 0.5) is 5.82 Å². The summed E-state index contributed by atoms with van der Waals surface area (Å²) in [5.41, 5.74) is 16.6. The number of rotatable bonds is 8. The van der Waals surface area contributed by atoms with Gasteiger partial charge in [-0.2, -0.15) is 0 Å². The Kier molecular flexibility index (Phi) is 12.9. The number of aromatic nitrogens is 4. The second kappa shape index (κ2) is 19.4. The first kappa shape index (κ1) is 44.5. The quantitative estimate of drug-likeness (QED) is 0.142. The molecular formula is C60H45IrN5O-2. The molecule has 7 aromatic carbocycles. The van der Waals surface area contributed by atoms with Crippen LogP contribution in [-0.2, 0) is 20.1 Å². The minimum absolute atomic E-state index is 0. The molecule has 0 saturated heterocycles. The van der Waals surface area contributed by atoms with Crippen LogP contribution >= 0.6 is 0 Å². The van der Waals surface area contributed by atoms with Crippen molar-refractivity contribution in [3.63, 3.8) is 0 Å². The van der Waals surface area contributed by atoms with Gasteiger partial charge in [-0.1, -0.05) is 154 Å². The van der Waals surface area contributed by atoms with Crippen molar-refractivity contribution in [2.45, 2.75) is 39.5 Å². The van der Waals surface area contributed by atoms with E-state index in [-0.39, 0.29) is 31.9 Å². The second-order valence-electron chi connectivity index (χ2n) is 16.9. The van der Waals surface area contributed by atoms with Gasteiger partial charge in [0.1, 0.15) is 11.3 Å². The van der Waals surface area contributed by atoms with Crippen LogP contribution in [0, 0.1) is 18.7 Å². The maximum Gasteiger partial charge on any atom is 0.270 e. The largest absolute Gasteiger partial charge is 0.501 e. The Hall–Kier alpha value is -7.75. The van der Waals surface area contributed by atoms with Crippen LogP contribution < -0.4 is 0 Å². The van der Waals surface area contributed by atoms with E-state index in [2.05, 4.69) is 174 Å². The van der Waals surface area contributed by atoms with Crippen LogP contribution in [0.5, 0.6) is 0 Å². The minimum atomic E-state index is 0. The van der Waals surface area contributed by atoms with Crippen molar-refractivity contribution in [1.82, 2.24) is 19.5 Å². The fourth-order valence-corrected chi connectivity index (χ4v) is 8.70. The molecule has 4 heterocycles. The molecule has 11 aromatic rings. The Labute approximate surface area is 404 Å². The van der Waals surface area contributed by atoms with Crippen molar-refractivity contribution in [1.29, 1.82) is 0 Å². The van der Waals surface area contributed by atoms with Gasteiger partial charge in [-0.05, 0) is 99.4 Å². The van der Waals surface area contributed by atoms with Gasteiger partial charge in [0, 0.05) is 37.4 Å². The van der Waals surface area contributed by atoms with E-state index < -0.39 is 0 Å². The number of nitrogens with zero attached hydrogens (tertiary/aromatic N) is 5. The third-order valence-electron chi connectivity index (χ3n) is 12.0. The maximum absolute atomic E-state index is 7.03. The molecule has 1 radical (unpaired) electrons. The van der Waals surface area contributed by atoms with Crippen molar-refractivity contribution in [3.8, 4) is 61.8 Å². The van der Waals surface area contributed by atoms with E-state index in [4.69, 9.17) is 16.0 Å². The van der Waals surface area contributed by atoms with E-state index >= 15 is 0 Å². The molecule has 0 bridgehead atoms. The molecule has 0 amide bonds. The molecule has 4 aromatic heterocycles. The average molecular weight is 1040 g/mol. The zero-order chi connectivity index (χ0) is 45.1. The van der Waals surface area contributed by atoms with E-state index in [9.17, 15) is 0 Å². The summed E-state index contributed by atoms with van der Waals surface area (Å²) in [5, 5.41) is 2.15. The van der Waals surface area contributed by atoms with E-state index in [1.165, 1.54) is 33.5 Å². The third kappa shape index (κ3) is 8.86. The number of hydrogen-bond donors (Lipinski definition) is 0. The summed E-state index contributed by atoms with van der Waals surface area (Å²) in [6.07, 6.45) is 1.76. The molecule has 0 saturated carbocycles. The Morgan fingerprint density at radius 2 is 1.24 bits per heavy atom. The van der Waals surface area contributed by atoms with E-state index in [0.717, 1.165) is 72.4 Å². The van der Waals surface area contributed by atoms with Crippen molar-refractivity contribution >= 4 is 38.8 Å². The molecule has 0 atom stereocenters. The normalized spacial score (nSPS) is 11.1. The predicted molar refractivity (Wildman–Crippen MR) is 270 cm³/mol. The number of para-hydroxylation sites is 2. The molecule has 0 unspecified atom stereocenters. The summed E-state index contributed by atoms with van der Waals surface area (Å²) < 4.78 is 9.10. The van der Waals surface area contributed by atoms with Gasteiger partial charge >= 0.3 is 0 Å². The van der Waals surface area contributed by atoms with Gasteiger partial charge in [-0.25, -0.2) is 0 Å². The standard InChI is InChI=1S/C43H35N2O.C17H10N3.Ir/c1-27(2)36-24-32(30-16-9-6-10-17-30)25-37(28(3)4)41(36)45-39-21-12-11-20-38(39)44-43(45)35-19-13-18-34-33-23-22-31(26-40(33)46-42(34)35)29-14-7-5-8-15-29;1-18-17-10-5-9-16(20-17)14-7-4-6-13(12-14)15-8-2-3-11-19-15;/h5-18,20-28H,1-4H3;2-5,7-12H;/q2*-1;. The Morgan fingerprint density at radius 1 is 0.567 bits per heavy atom. The molecule has 0 N–H and O–H groups in total. The number of pyridine rings is 2. The van der Waals surface area contributed by atoms with Crippen LogP contribution in [0.3, 0.4) is 0 Å². The molecular weight excluding hydrogens is 999 g/mol. The topological polar surface area (TPSA) is 61.1 Å². The van der Waals surface area contributed by atoms with E-state index in [1.54, 1.807) is 12.3 Å². The summed E-state index contributed by atoms with van der Waals surface area (Å²) in [5.74, 6) is 1.81. The Balaban J connectivity index is 0.000000224. The zero-order valence-corrected chi connectivity index (χ0v) is 39.9. The van der Waals surface area contributed by atoms with Crippen LogP contribution in [0.2, 0.25) is 0 Å². The molecule has 0 spiro atoms. The predicted octanol–water partition coefficient (Wildman–Crippen LogP) is 16.1. The molecule has 6 nitrogen and oxygen atoms in total. The first-order valence-electron chi connectivity index (χ1n) is 22.3. The van der Waals surface area contributed by atoms with Gasteiger partial charge in [-0.3, -0.25) is 4.98 Å². The average Bonchev–Trinajstić information content (AvgIpc) is 3.95. The monoisotopic (exact) mass is 1040 g/mol. The number of fused-ring (bicyclic) bond motifs is 4. The number of imidazole rings is 1. The molecule has 0 aliphatic carbocycles. The molecule has 327 valence electrons. The van der Waals surface area contributed by atoms with Crippen LogP contribution in [0.25, 0.3) is 99.7 Å². The fraction of sp³-hybridized carbons (Fsp3) is 0.100. The summed E-state index contributed by atoms with van der Waals surface area (Å²) in [4.78, 5) is 17.3. The number of hydrogen-bond acceptors (Lipinski definition) is 4. The molecule has 11 rings (SSSR count). The summed E-state index contributed by atoms with van der Waals surface area (Å²) in [7, 11) is 0. The SMILES string of the molecule is CC(C)c1cc(-c2ccccc2)cc(C(C)C)c1-n1c(-c2[c-]ccc3c2oc2cc(-c4ccccc4)ccc23)nc2ccccc21.[C-]#[N+]c1cccc(-c2cc[c-]c(-c3ccccn3)c2)n1.[Ir]. The van der Waals surface area contributed by atoms with Crippen molar-refractivity contribution in [3.05, 3.63) is 223 Å². The van der Waals surface area contributed by atoms with Gasteiger partial charge in [0.2, 0.25) is 0 Å². The van der Waals surface area contributed by atoms with Crippen molar-refractivity contribution in [2.75, 3.05) is 0 Å². The first-order chi connectivity index (χ1) is 32.3. The minimum Gasteiger partial charge on any atom is -0.501 e. The summed E-state index contributed by atoms with van der Waals surface area (Å²) in [6.45, 7) is 16.2. The number of furan rings is 1. The summed E-state index contributed by atoms with van der Waals surface area (Å²) in [6, 6.07) is 68.6. The zero-order valence-electron chi connectivity index (χ0n) is 37.5. The van der Waals surface area contributed by atoms with Gasteiger partial charge in [0.15, 0.2) is 0 Å². The van der Waals surface area contributed by atoms with Crippen molar-refractivity contribution < 1.29 is 24.5 Å². The number of benzene rings is 7. The third-order valence-corrected chi connectivity index (χ3v) is 12.0. The van der Waals surface area contributed by atoms with Crippen LogP contribution in [0.1, 0.15) is 50.7 Å². The van der Waals surface area contributed by atoms with Gasteiger partial charge in [-0.15, -0.1) is 53.0 Å². The van der Waals surface area contributed by atoms with Crippen LogP contribution in [0.15, 0.2) is 193 Å². The van der Waals surface area contributed by atoms with E-state index in [1.807, 2.05) is 60.7 Å². The molecule has 7 heteroatoms. The van der Waals surface area contributed by atoms with Gasteiger partial charge < -0.3 is 18.8 Å². The van der Waals surface area contributed by atoms with Gasteiger partial charge in [0.25, 0.3) is 5.82 Å². The van der Waals surface area contributed by atoms with E-state index in [0.29, 0.717) is 5.82 Å². The van der Waals surface area contributed by atoms with Gasteiger partial charge in [0.05, 0.1) is 22.4 Å². The molecule has 0 aliphatic rings. The maximum atomic E-state index is 7.03. The van der Waals surface area contributed by atoms with Crippen molar-refractivity contribution in [2.24, 2.45) is 0 Å². The Bertz CT molecular complexity index is 3520. The first-order valence-corrected chi connectivity index (χ1v) is 22.3. The van der Waals surface area contributed by atoms with Crippen LogP contribution in [-0.4, -0.2) is 19.5 Å². The fourth-order valence-electron chi connectivity index (χ4n) is 8.70. The smallest absolute Gasteiger partial charge is 0.270 e. The molecule has 0 aliphatic heterocycles. The Morgan fingerprint density at radius 3 is 1.94 bits per heavy atom. The summed E-state index contributed by atoms with van der Waals surface area (Å²) >= 11 is 0.